The fraction of sp³-hybridized carbons (Fsp3) is 0.857. The first-order valence-corrected chi connectivity index (χ1v) is 4.17. The molecule has 13 heavy (non-hydrogen) atoms. The summed E-state index contributed by atoms with van der Waals surface area (Å²) in [6.07, 6.45) is -1.54. The van der Waals surface area contributed by atoms with Gasteiger partial charge in [-0.05, 0) is 6.92 Å². The molecule has 0 bridgehead atoms. The quantitative estimate of drug-likeness (QED) is 0.217. The molecule has 0 radical (unpaired) electrons. The molecule has 1 heterocycles. The minimum atomic E-state index is -0.770. The number of β-amino-alcohol motifs (C(OH)–C–C–N with tert-alkyl or cyclic N) is 2. The Balaban J connectivity index is 2.50. The van der Waals surface area contributed by atoms with Crippen LogP contribution in [0, 0.1) is 0 Å². The first-order chi connectivity index (χ1) is 6.06. The molecule has 0 spiro atoms. The molecule has 0 aliphatic carbocycles. The second-order valence-electron chi connectivity index (χ2n) is 3.27. The fourth-order valence-electron chi connectivity index (χ4n) is 1.40. The molecule has 0 aromatic carbocycles. The normalized spacial score (nSPS) is 31.7. The van der Waals surface area contributed by atoms with E-state index in [0.717, 1.165) is 0 Å². The van der Waals surface area contributed by atoms with Crippen molar-refractivity contribution in [3.8, 4) is 0 Å². The Kier molecular flexibility index (Phi) is 3.21. The van der Waals surface area contributed by atoms with Crippen LogP contribution in [-0.2, 0) is 4.79 Å². The third kappa shape index (κ3) is 2.16. The molecule has 3 unspecified atom stereocenters. The molecule has 76 valence electrons. The predicted molar refractivity (Wildman–Crippen MR) is 45.4 cm³/mol. The first kappa shape index (κ1) is 10.4. The maximum atomic E-state index is 11.1. The van der Waals surface area contributed by atoms with Gasteiger partial charge in [0.25, 0.3) is 5.91 Å². The molecular weight excluding hydrogens is 174 g/mol. The number of carbonyl (C=O) groups excluding carboxylic acids is 1. The van der Waals surface area contributed by atoms with Gasteiger partial charge in [-0.15, -0.1) is 0 Å². The van der Waals surface area contributed by atoms with Gasteiger partial charge in [0.05, 0.1) is 18.2 Å². The molecule has 0 aromatic heterocycles. The number of amides is 1. The van der Waals surface area contributed by atoms with E-state index in [1.54, 1.807) is 11.8 Å². The van der Waals surface area contributed by atoms with E-state index in [2.05, 4.69) is 0 Å². The third-order valence-electron chi connectivity index (χ3n) is 2.36. The molecule has 1 aliphatic rings. The zero-order chi connectivity index (χ0) is 10.0. The van der Waals surface area contributed by atoms with Crippen LogP contribution in [0.5, 0.6) is 0 Å². The first-order valence-electron chi connectivity index (χ1n) is 4.17. The molecule has 1 amide bonds. The molecule has 5 N–H and O–H groups in total. The van der Waals surface area contributed by atoms with Gasteiger partial charge >= 0.3 is 0 Å². The van der Waals surface area contributed by atoms with Crippen LogP contribution in [0.3, 0.4) is 0 Å². The van der Waals surface area contributed by atoms with E-state index in [1.807, 2.05) is 5.43 Å². The predicted octanol–water partition coefficient (Wildman–Crippen LogP) is -2.60. The van der Waals surface area contributed by atoms with Crippen molar-refractivity contribution in [1.29, 1.82) is 0 Å². The second kappa shape index (κ2) is 4.01. The minimum Gasteiger partial charge on any atom is -0.389 e. The lowest BCUT2D eigenvalue weighted by Gasteiger charge is -2.21. The number of aliphatic hydroxyl groups is 2. The van der Waals surface area contributed by atoms with Gasteiger partial charge in [0.1, 0.15) is 0 Å². The molecular formula is C7H15N3O3. The highest BCUT2D eigenvalue weighted by atomic mass is 16.3. The molecule has 6 nitrogen and oxygen atoms in total. The number of hydrogen-bond acceptors (Lipinski definition) is 5. The SMILES string of the molecule is CC(C(=O)NN)N1CC(O)C(O)C1. The lowest BCUT2D eigenvalue weighted by molar-refractivity contribution is -0.125. The van der Waals surface area contributed by atoms with Crippen LogP contribution in [0.25, 0.3) is 0 Å². The average molecular weight is 189 g/mol. The van der Waals surface area contributed by atoms with Crippen molar-refractivity contribution in [2.24, 2.45) is 5.84 Å². The van der Waals surface area contributed by atoms with Crippen LogP contribution in [-0.4, -0.2) is 52.4 Å². The van der Waals surface area contributed by atoms with E-state index in [0.29, 0.717) is 13.1 Å². The van der Waals surface area contributed by atoms with Crippen molar-refractivity contribution in [3.63, 3.8) is 0 Å². The Labute approximate surface area is 76.3 Å². The number of hydrogen-bond donors (Lipinski definition) is 4. The molecule has 1 rings (SSSR count). The molecule has 1 aliphatic heterocycles. The topological polar surface area (TPSA) is 98.8 Å². The van der Waals surface area contributed by atoms with E-state index in [-0.39, 0.29) is 5.91 Å². The molecule has 3 atom stereocenters. The van der Waals surface area contributed by atoms with Crippen molar-refractivity contribution in [3.05, 3.63) is 0 Å². The van der Waals surface area contributed by atoms with Gasteiger partial charge in [-0.3, -0.25) is 15.1 Å². The summed E-state index contributed by atoms with van der Waals surface area (Å²) in [4.78, 5) is 12.7. The van der Waals surface area contributed by atoms with Gasteiger partial charge in [-0.25, -0.2) is 5.84 Å². The van der Waals surface area contributed by atoms with E-state index >= 15 is 0 Å². The lowest BCUT2D eigenvalue weighted by atomic mass is 10.3. The summed E-state index contributed by atoms with van der Waals surface area (Å²) in [6, 6.07) is -0.420. The Hall–Kier alpha value is -0.690. The highest BCUT2D eigenvalue weighted by Gasteiger charge is 2.34. The van der Waals surface area contributed by atoms with Crippen molar-refractivity contribution in [1.82, 2.24) is 10.3 Å². The number of nitrogens with two attached hydrogens (primary N) is 1. The Morgan fingerprint density at radius 2 is 2.00 bits per heavy atom. The summed E-state index contributed by atoms with van der Waals surface area (Å²) in [7, 11) is 0. The van der Waals surface area contributed by atoms with Crippen LogP contribution in [0.1, 0.15) is 6.92 Å². The summed E-state index contributed by atoms with van der Waals surface area (Å²) in [6.45, 7) is 2.28. The fourth-order valence-corrected chi connectivity index (χ4v) is 1.40. The van der Waals surface area contributed by atoms with Crippen molar-refractivity contribution < 1.29 is 15.0 Å². The Morgan fingerprint density at radius 1 is 1.54 bits per heavy atom. The summed E-state index contributed by atoms with van der Waals surface area (Å²) in [5.74, 6) is 4.64. The second-order valence-corrected chi connectivity index (χ2v) is 3.27. The van der Waals surface area contributed by atoms with Gasteiger partial charge < -0.3 is 10.2 Å². The maximum absolute atomic E-state index is 11.1. The smallest absolute Gasteiger partial charge is 0.250 e. The van der Waals surface area contributed by atoms with Crippen LogP contribution in [0.4, 0.5) is 0 Å². The highest BCUT2D eigenvalue weighted by molar-refractivity contribution is 5.80. The number of hydrazine groups is 1. The number of rotatable bonds is 2. The number of likely N-dealkylation sites (tertiary alicyclic amines) is 1. The van der Waals surface area contributed by atoms with E-state index in [4.69, 9.17) is 5.84 Å². The van der Waals surface area contributed by atoms with Gasteiger partial charge in [0.2, 0.25) is 0 Å². The number of nitrogens with zero attached hydrogens (tertiary/aromatic N) is 1. The minimum absolute atomic E-state index is 0.301. The Bertz CT molecular complexity index is 189. The van der Waals surface area contributed by atoms with Crippen molar-refractivity contribution in [2.75, 3.05) is 13.1 Å². The average Bonchev–Trinajstić information content (AvgIpc) is 2.44. The standard InChI is InChI=1S/C7H15N3O3/c1-4(7(13)9-8)10-2-5(11)6(12)3-10/h4-6,11-12H,2-3,8H2,1H3,(H,9,13). The van der Waals surface area contributed by atoms with Crippen LogP contribution in [0.15, 0.2) is 0 Å². The van der Waals surface area contributed by atoms with Crippen LogP contribution in [0.2, 0.25) is 0 Å². The molecule has 0 aromatic rings. The Morgan fingerprint density at radius 3 is 2.38 bits per heavy atom. The number of carbonyl (C=O) groups is 1. The summed E-state index contributed by atoms with van der Waals surface area (Å²) in [5.41, 5.74) is 2.03. The van der Waals surface area contributed by atoms with Crippen LogP contribution >= 0.6 is 0 Å². The van der Waals surface area contributed by atoms with Gasteiger partial charge in [0.15, 0.2) is 0 Å². The van der Waals surface area contributed by atoms with Gasteiger partial charge in [0, 0.05) is 13.1 Å². The van der Waals surface area contributed by atoms with E-state index in [1.165, 1.54) is 0 Å². The van der Waals surface area contributed by atoms with Gasteiger partial charge in [-0.2, -0.15) is 0 Å². The third-order valence-corrected chi connectivity index (χ3v) is 2.36. The number of nitrogens with one attached hydrogen (secondary N) is 1. The van der Waals surface area contributed by atoms with Crippen molar-refractivity contribution >= 4 is 5.91 Å². The molecule has 6 heteroatoms. The molecule has 0 saturated carbocycles. The highest BCUT2D eigenvalue weighted by Crippen LogP contribution is 2.12. The lowest BCUT2D eigenvalue weighted by Crippen LogP contribution is -2.47. The zero-order valence-electron chi connectivity index (χ0n) is 7.47. The summed E-state index contributed by atoms with van der Waals surface area (Å²) >= 11 is 0. The van der Waals surface area contributed by atoms with Crippen LogP contribution < -0.4 is 11.3 Å². The van der Waals surface area contributed by atoms with Gasteiger partial charge in [-0.1, -0.05) is 0 Å². The summed E-state index contributed by atoms with van der Waals surface area (Å²) in [5, 5.41) is 18.4. The summed E-state index contributed by atoms with van der Waals surface area (Å²) < 4.78 is 0. The largest absolute Gasteiger partial charge is 0.389 e. The molecule has 1 fully saturated rings. The number of aliphatic hydroxyl groups excluding tert-OH is 2. The zero-order valence-corrected chi connectivity index (χ0v) is 7.47. The van der Waals surface area contributed by atoms with Crippen molar-refractivity contribution in [2.45, 2.75) is 25.2 Å². The van der Waals surface area contributed by atoms with E-state index < -0.39 is 18.2 Å². The monoisotopic (exact) mass is 189 g/mol. The maximum Gasteiger partial charge on any atom is 0.250 e. The molecule has 1 saturated heterocycles. The van der Waals surface area contributed by atoms with E-state index in [9.17, 15) is 15.0 Å².